The van der Waals surface area contributed by atoms with Crippen LogP contribution in [0, 0.1) is 6.92 Å². The molecule has 1 fully saturated rings. The van der Waals surface area contributed by atoms with E-state index in [1.807, 2.05) is 16.8 Å². The fourth-order valence-corrected chi connectivity index (χ4v) is 2.84. The van der Waals surface area contributed by atoms with Gasteiger partial charge in [0.15, 0.2) is 5.65 Å². The summed E-state index contributed by atoms with van der Waals surface area (Å²) in [6, 6.07) is 5.10. The predicted octanol–water partition coefficient (Wildman–Crippen LogP) is 2.63. The van der Waals surface area contributed by atoms with E-state index in [0.29, 0.717) is 18.0 Å². The lowest BCUT2D eigenvalue weighted by molar-refractivity contribution is 0.134. The third-order valence-corrected chi connectivity index (χ3v) is 3.98. The summed E-state index contributed by atoms with van der Waals surface area (Å²) in [5.74, 6) is 0.690. The monoisotopic (exact) mass is 259 g/mol. The van der Waals surface area contributed by atoms with Gasteiger partial charge >= 0.3 is 0 Å². The van der Waals surface area contributed by atoms with Crippen molar-refractivity contribution >= 4 is 11.6 Å². The van der Waals surface area contributed by atoms with Gasteiger partial charge in [-0.05, 0) is 45.2 Å². The second-order valence-corrected chi connectivity index (χ2v) is 5.54. The van der Waals surface area contributed by atoms with Crippen LogP contribution in [0.15, 0.2) is 18.3 Å². The number of pyridine rings is 1. The average Bonchev–Trinajstić information content (AvgIpc) is 2.78. The zero-order valence-electron chi connectivity index (χ0n) is 11.8. The van der Waals surface area contributed by atoms with Gasteiger partial charge in [-0.1, -0.05) is 12.5 Å². The Morgan fingerprint density at radius 1 is 1.26 bits per heavy atom. The third-order valence-electron chi connectivity index (χ3n) is 3.98. The maximum atomic E-state index is 4.57. The molecule has 1 N–H and O–H groups in total. The minimum atomic E-state index is 0.524. The molecule has 1 aliphatic rings. The fourth-order valence-electron chi connectivity index (χ4n) is 2.84. The molecule has 0 radical (unpaired) electrons. The van der Waals surface area contributed by atoms with Gasteiger partial charge in [-0.3, -0.25) is 5.43 Å². The predicted molar refractivity (Wildman–Crippen MR) is 76.0 cm³/mol. The van der Waals surface area contributed by atoms with Crippen molar-refractivity contribution in [3.05, 3.63) is 23.9 Å². The first-order chi connectivity index (χ1) is 9.15. The highest BCUT2D eigenvalue weighted by Crippen LogP contribution is 2.22. The van der Waals surface area contributed by atoms with Gasteiger partial charge in [-0.2, -0.15) is 4.98 Å². The van der Waals surface area contributed by atoms with Gasteiger partial charge in [0.2, 0.25) is 0 Å². The quantitative estimate of drug-likeness (QED) is 0.900. The summed E-state index contributed by atoms with van der Waals surface area (Å²) >= 11 is 0. The van der Waals surface area contributed by atoms with Crippen LogP contribution in [-0.2, 0) is 0 Å². The second kappa shape index (κ2) is 4.81. The van der Waals surface area contributed by atoms with Crippen molar-refractivity contribution in [1.29, 1.82) is 0 Å². The van der Waals surface area contributed by atoms with Crippen molar-refractivity contribution in [2.75, 3.05) is 5.43 Å². The molecule has 2 aromatic heterocycles. The third kappa shape index (κ3) is 2.30. The Morgan fingerprint density at radius 2 is 2.00 bits per heavy atom. The maximum Gasteiger partial charge on any atom is 0.257 e. The van der Waals surface area contributed by atoms with Crippen molar-refractivity contribution < 1.29 is 0 Å². The van der Waals surface area contributed by atoms with E-state index in [0.717, 1.165) is 11.2 Å². The molecule has 2 aromatic rings. The van der Waals surface area contributed by atoms with E-state index in [1.165, 1.54) is 19.3 Å². The molecule has 1 saturated heterocycles. The minimum Gasteiger partial charge on any atom is -0.285 e. The maximum absolute atomic E-state index is 4.57. The summed E-state index contributed by atoms with van der Waals surface area (Å²) in [5.41, 5.74) is 5.45. The number of fused-ring (bicyclic) bond motifs is 1. The van der Waals surface area contributed by atoms with Crippen LogP contribution in [0.2, 0.25) is 0 Å². The Bertz CT molecular complexity index is 566. The molecule has 5 heteroatoms. The molecule has 1 aliphatic heterocycles. The summed E-state index contributed by atoms with van der Waals surface area (Å²) in [4.78, 5) is 4.57. The number of rotatable bonds is 2. The summed E-state index contributed by atoms with van der Waals surface area (Å²) in [6.45, 7) is 6.56. The summed E-state index contributed by atoms with van der Waals surface area (Å²) in [5, 5.41) is 6.77. The highest BCUT2D eigenvalue weighted by atomic mass is 15.6. The number of nitrogens with one attached hydrogen (secondary N) is 1. The molecule has 0 saturated carbocycles. The lowest BCUT2D eigenvalue weighted by Gasteiger charge is -2.38. The number of aryl methyl sites for hydroxylation is 1. The summed E-state index contributed by atoms with van der Waals surface area (Å²) in [7, 11) is 0. The Labute approximate surface area is 113 Å². The van der Waals surface area contributed by atoms with Gasteiger partial charge in [-0.15, -0.1) is 5.10 Å². The van der Waals surface area contributed by atoms with Crippen molar-refractivity contribution in [1.82, 2.24) is 19.6 Å². The van der Waals surface area contributed by atoms with Gasteiger partial charge in [-0.25, -0.2) is 9.52 Å². The van der Waals surface area contributed by atoms with Crippen LogP contribution in [0.25, 0.3) is 5.65 Å². The van der Waals surface area contributed by atoms with E-state index in [1.54, 1.807) is 0 Å². The van der Waals surface area contributed by atoms with E-state index in [2.05, 4.69) is 47.4 Å². The van der Waals surface area contributed by atoms with Crippen LogP contribution in [0.3, 0.4) is 0 Å². The first kappa shape index (κ1) is 12.4. The van der Waals surface area contributed by atoms with Crippen molar-refractivity contribution in [2.45, 2.75) is 52.1 Å². The number of hydrogen-bond donors (Lipinski definition) is 1. The van der Waals surface area contributed by atoms with Gasteiger partial charge in [0.1, 0.15) is 0 Å². The largest absolute Gasteiger partial charge is 0.285 e. The second-order valence-electron chi connectivity index (χ2n) is 5.54. The molecule has 0 bridgehead atoms. The van der Waals surface area contributed by atoms with Gasteiger partial charge in [0.05, 0.1) is 0 Å². The topological polar surface area (TPSA) is 45.5 Å². The van der Waals surface area contributed by atoms with Crippen molar-refractivity contribution in [3.63, 3.8) is 0 Å². The molecule has 3 rings (SSSR count). The molecule has 3 heterocycles. The van der Waals surface area contributed by atoms with Crippen LogP contribution < -0.4 is 5.43 Å². The van der Waals surface area contributed by atoms with Crippen LogP contribution in [-0.4, -0.2) is 31.7 Å². The number of hydrogen-bond acceptors (Lipinski definition) is 4. The molecule has 0 spiro atoms. The molecule has 0 aliphatic carbocycles. The molecule has 102 valence electrons. The Balaban J connectivity index is 1.86. The minimum absolute atomic E-state index is 0.524. The van der Waals surface area contributed by atoms with E-state index in [4.69, 9.17) is 0 Å². The first-order valence-corrected chi connectivity index (χ1v) is 7.02. The van der Waals surface area contributed by atoms with Crippen LogP contribution >= 0.6 is 0 Å². The standard InChI is InChI=1S/C14H21N5/c1-10-6-5-9-18-13(10)15-14(16-18)17-19-11(2)7-4-8-12(19)3/h5-6,9,11-12H,4,7-8H2,1-3H3,(H,16,17). The number of nitrogens with zero attached hydrogens (tertiary/aromatic N) is 4. The highest BCUT2D eigenvalue weighted by molar-refractivity contribution is 5.49. The average molecular weight is 259 g/mol. The lowest BCUT2D eigenvalue weighted by Crippen LogP contribution is -2.47. The molecule has 2 unspecified atom stereocenters. The number of piperidine rings is 1. The zero-order valence-corrected chi connectivity index (χ0v) is 11.8. The molecule has 2 atom stereocenters. The Hall–Kier alpha value is -1.62. The normalized spacial score (nSPS) is 24.8. The number of aromatic nitrogens is 3. The van der Waals surface area contributed by atoms with E-state index < -0.39 is 0 Å². The molecule has 0 amide bonds. The molecule has 19 heavy (non-hydrogen) atoms. The fraction of sp³-hybridized carbons (Fsp3) is 0.571. The van der Waals surface area contributed by atoms with E-state index in [9.17, 15) is 0 Å². The van der Waals surface area contributed by atoms with Crippen molar-refractivity contribution in [2.24, 2.45) is 0 Å². The van der Waals surface area contributed by atoms with E-state index >= 15 is 0 Å². The zero-order chi connectivity index (χ0) is 13.4. The van der Waals surface area contributed by atoms with Gasteiger partial charge < -0.3 is 0 Å². The first-order valence-electron chi connectivity index (χ1n) is 7.02. The number of hydrazine groups is 1. The van der Waals surface area contributed by atoms with Gasteiger partial charge in [0.25, 0.3) is 5.95 Å². The van der Waals surface area contributed by atoms with E-state index in [-0.39, 0.29) is 0 Å². The Kier molecular flexibility index (Phi) is 3.14. The highest BCUT2D eigenvalue weighted by Gasteiger charge is 2.25. The van der Waals surface area contributed by atoms with Crippen LogP contribution in [0.5, 0.6) is 0 Å². The molecular weight excluding hydrogens is 238 g/mol. The van der Waals surface area contributed by atoms with Crippen LogP contribution in [0.1, 0.15) is 38.7 Å². The van der Waals surface area contributed by atoms with Crippen LogP contribution in [0.4, 0.5) is 5.95 Å². The SMILES string of the molecule is Cc1cccn2nc(NN3C(C)CCCC3C)nc12. The molecular formula is C14H21N5. The Morgan fingerprint density at radius 3 is 2.68 bits per heavy atom. The number of anilines is 1. The summed E-state index contributed by atoms with van der Waals surface area (Å²) in [6.07, 6.45) is 5.69. The van der Waals surface area contributed by atoms with Gasteiger partial charge in [0, 0.05) is 18.3 Å². The lowest BCUT2D eigenvalue weighted by atomic mass is 10.00. The molecule has 0 aromatic carbocycles. The summed E-state index contributed by atoms with van der Waals surface area (Å²) < 4.78 is 1.83. The molecule has 5 nitrogen and oxygen atoms in total. The van der Waals surface area contributed by atoms with Crippen molar-refractivity contribution in [3.8, 4) is 0 Å². The smallest absolute Gasteiger partial charge is 0.257 e.